The molecule has 3 heterocycles. The predicted molar refractivity (Wildman–Crippen MR) is 110 cm³/mol. The van der Waals surface area contributed by atoms with Crippen LogP contribution in [0.5, 0.6) is 0 Å². The molecule has 2 aliphatic rings. The van der Waals surface area contributed by atoms with Crippen LogP contribution in [0.25, 0.3) is 0 Å². The lowest BCUT2D eigenvalue weighted by Gasteiger charge is -2.39. The van der Waals surface area contributed by atoms with Gasteiger partial charge in [-0.3, -0.25) is 9.59 Å². The number of ketones is 1. The number of nitrogens with zero attached hydrogens (tertiary/aromatic N) is 1. The lowest BCUT2D eigenvalue weighted by molar-refractivity contribution is -0.124. The van der Waals surface area contributed by atoms with Gasteiger partial charge in [0.2, 0.25) is 0 Å². The third-order valence-corrected chi connectivity index (χ3v) is 6.29. The summed E-state index contributed by atoms with van der Waals surface area (Å²) < 4.78 is 5.89. The maximum atomic E-state index is 13.1. The summed E-state index contributed by atoms with van der Waals surface area (Å²) in [5, 5.41) is 3.89. The highest BCUT2D eigenvalue weighted by Gasteiger charge is 2.46. The summed E-state index contributed by atoms with van der Waals surface area (Å²) in [7, 11) is 0. The molecule has 2 aromatic heterocycles. The number of nitrogens with one attached hydrogen (secondary N) is 2. The Balaban J connectivity index is 1.91. The first kappa shape index (κ1) is 19.1. The molecule has 2 atom stereocenters. The average molecular weight is 400 g/mol. The molecule has 7 heteroatoms. The maximum absolute atomic E-state index is 13.1. The Labute approximate surface area is 168 Å². The zero-order chi connectivity index (χ0) is 20.1. The van der Waals surface area contributed by atoms with Crippen molar-refractivity contribution in [2.75, 3.05) is 11.1 Å². The van der Waals surface area contributed by atoms with Gasteiger partial charge in [-0.1, -0.05) is 38.6 Å². The van der Waals surface area contributed by atoms with E-state index in [1.165, 1.54) is 11.8 Å². The largest absolute Gasteiger partial charge is 0.466 e. The molecular weight excluding hydrogens is 374 g/mol. The van der Waals surface area contributed by atoms with E-state index in [-0.39, 0.29) is 16.8 Å². The first-order valence-electron chi connectivity index (χ1n) is 9.65. The molecule has 1 aliphatic carbocycles. The van der Waals surface area contributed by atoms with E-state index in [0.29, 0.717) is 28.7 Å². The average Bonchev–Trinajstić information content (AvgIpc) is 3.03. The van der Waals surface area contributed by atoms with E-state index in [1.54, 1.807) is 0 Å². The highest BCUT2D eigenvalue weighted by atomic mass is 32.2. The molecule has 28 heavy (non-hydrogen) atoms. The summed E-state index contributed by atoms with van der Waals surface area (Å²) in [6.07, 6.45) is 3.53. The molecule has 0 unspecified atom stereocenters. The van der Waals surface area contributed by atoms with Crippen molar-refractivity contribution in [1.29, 1.82) is 0 Å². The Morgan fingerprint density at radius 3 is 2.75 bits per heavy atom. The number of thioether (sulfide) groups is 1. The molecule has 148 valence electrons. The molecule has 2 N–H and O–H groups in total. The predicted octanol–water partition coefficient (Wildman–Crippen LogP) is 4.23. The van der Waals surface area contributed by atoms with Crippen molar-refractivity contribution in [1.82, 2.24) is 9.97 Å². The van der Waals surface area contributed by atoms with Gasteiger partial charge in [0, 0.05) is 17.9 Å². The van der Waals surface area contributed by atoms with Gasteiger partial charge in [-0.2, -0.15) is 0 Å². The van der Waals surface area contributed by atoms with Crippen molar-refractivity contribution in [3.63, 3.8) is 0 Å². The van der Waals surface area contributed by atoms with Crippen LogP contribution in [0, 0.1) is 18.3 Å². The zero-order valence-electron chi connectivity index (χ0n) is 16.6. The van der Waals surface area contributed by atoms with E-state index in [4.69, 9.17) is 4.42 Å². The number of fused-ring (bicyclic) bond motifs is 2. The second-order valence-electron chi connectivity index (χ2n) is 8.24. The molecule has 2 aromatic rings. The number of aromatic nitrogens is 2. The van der Waals surface area contributed by atoms with Gasteiger partial charge in [0.15, 0.2) is 5.16 Å². The van der Waals surface area contributed by atoms with Gasteiger partial charge >= 0.3 is 0 Å². The zero-order valence-corrected chi connectivity index (χ0v) is 17.4. The minimum Gasteiger partial charge on any atom is -0.466 e. The fourth-order valence-electron chi connectivity index (χ4n) is 4.12. The van der Waals surface area contributed by atoms with E-state index >= 15 is 0 Å². The minimum atomic E-state index is -0.471. The molecule has 0 saturated heterocycles. The quantitative estimate of drug-likeness (QED) is 0.591. The number of Topliss-reactive ketones (excluding diaryl/α,β-unsaturated/α-hetero) is 1. The van der Waals surface area contributed by atoms with Crippen molar-refractivity contribution in [2.24, 2.45) is 11.3 Å². The Bertz CT molecular complexity index is 1020. The van der Waals surface area contributed by atoms with Crippen LogP contribution in [-0.2, 0) is 4.79 Å². The van der Waals surface area contributed by atoms with Crippen molar-refractivity contribution in [2.45, 2.75) is 51.6 Å². The number of rotatable bonds is 4. The summed E-state index contributed by atoms with van der Waals surface area (Å²) in [4.78, 5) is 33.7. The summed E-state index contributed by atoms with van der Waals surface area (Å²) in [6, 6.07) is 3.73. The van der Waals surface area contributed by atoms with Crippen LogP contribution in [-0.4, -0.2) is 21.5 Å². The van der Waals surface area contributed by atoms with Gasteiger partial charge in [-0.05, 0) is 30.9 Å². The molecule has 0 aromatic carbocycles. The maximum Gasteiger partial charge on any atom is 0.257 e. The molecule has 0 radical (unpaired) electrons. The molecule has 0 bridgehead atoms. The number of furan rings is 1. The molecule has 6 nitrogen and oxygen atoms in total. The number of aryl methyl sites for hydroxylation is 1. The molecule has 0 saturated carbocycles. The highest BCUT2D eigenvalue weighted by Crippen LogP contribution is 2.48. The number of carbonyl (C=O) groups excluding carboxylic acids is 1. The Hall–Kier alpha value is -2.28. The summed E-state index contributed by atoms with van der Waals surface area (Å²) in [5.41, 5.74) is 0.840. The van der Waals surface area contributed by atoms with Gasteiger partial charge in [0.25, 0.3) is 5.56 Å². The molecule has 0 spiro atoms. The second kappa shape index (κ2) is 6.95. The smallest absolute Gasteiger partial charge is 0.257 e. The highest BCUT2D eigenvalue weighted by molar-refractivity contribution is 7.99. The van der Waals surface area contributed by atoms with E-state index in [1.807, 2.05) is 32.9 Å². The number of anilines is 1. The number of hydrogen-bond acceptors (Lipinski definition) is 6. The summed E-state index contributed by atoms with van der Waals surface area (Å²) >= 11 is 1.52. The Kier molecular flexibility index (Phi) is 4.73. The lowest BCUT2D eigenvalue weighted by Crippen LogP contribution is -2.41. The second-order valence-corrected chi connectivity index (χ2v) is 9.33. The minimum absolute atomic E-state index is 0.114. The lowest BCUT2D eigenvalue weighted by atomic mass is 9.68. The monoisotopic (exact) mass is 399 g/mol. The molecular formula is C21H25N3O3S. The van der Waals surface area contributed by atoms with Crippen LogP contribution in [0.1, 0.15) is 56.6 Å². The van der Waals surface area contributed by atoms with Gasteiger partial charge in [0.1, 0.15) is 23.1 Å². The van der Waals surface area contributed by atoms with Gasteiger partial charge in [-0.25, -0.2) is 4.98 Å². The number of carbonyl (C=O) groups is 1. The van der Waals surface area contributed by atoms with Gasteiger partial charge < -0.3 is 14.7 Å². The SMILES string of the molecule is CCCSc1nc2c(c(=O)[nH]1)[C@H](c1ccc(C)o1)[C@H]1C(=O)CC(C)(C)C=C1N2. The fourth-order valence-corrected chi connectivity index (χ4v) is 4.83. The standard InChI is InChI=1S/C21H25N3O3S/c1-5-8-28-20-23-18-17(19(26)24-20)16(14-7-6-11(2)27-14)15-12(22-18)9-21(3,4)10-13(15)25/h6-7,9,15-16H,5,8,10H2,1-4H3,(H2,22,23,24,26)/t15-,16-/m1/s1. The summed E-state index contributed by atoms with van der Waals surface area (Å²) in [5.74, 6) is 1.97. The van der Waals surface area contributed by atoms with E-state index < -0.39 is 11.8 Å². The molecule has 0 fully saturated rings. The molecule has 1 aliphatic heterocycles. The Morgan fingerprint density at radius 1 is 1.29 bits per heavy atom. The first-order chi connectivity index (χ1) is 13.3. The number of aromatic amines is 1. The normalized spacial score (nSPS) is 22.9. The number of allylic oxidation sites excluding steroid dienone is 2. The third kappa shape index (κ3) is 3.32. The van der Waals surface area contributed by atoms with E-state index in [0.717, 1.165) is 23.6 Å². The third-order valence-electron chi connectivity index (χ3n) is 5.21. The topological polar surface area (TPSA) is 88.0 Å². The van der Waals surface area contributed by atoms with E-state index in [9.17, 15) is 9.59 Å². The van der Waals surface area contributed by atoms with Gasteiger partial charge in [0.05, 0.1) is 17.4 Å². The van der Waals surface area contributed by atoms with Crippen molar-refractivity contribution < 1.29 is 9.21 Å². The van der Waals surface area contributed by atoms with Crippen LogP contribution < -0.4 is 10.9 Å². The van der Waals surface area contributed by atoms with Gasteiger partial charge in [-0.15, -0.1) is 0 Å². The number of H-pyrrole nitrogens is 1. The van der Waals surface area contributed by atoms with Crippen LogP contribution in [0.4, 0.5) is 5.82 Å². The summed E-state index contributed by atoms with van der Waals surface area (Å²) in [6.45, 7) is 8.04. The van der Waals surface area contributed by atoms with Crippen LogP contribution >= 0.6 is 11.8 Å². The fraction of sp³-hybridized carbons (Fsp3) is 0.476. The van der Waals surface area contributed by atoms with Crippen molar-refractivity contribution in [3.8, 4) is 0 Å². The molecule has 0 amide bonds. The van der Waals surface area contributed by atoms with E-state index in [2.05, 4.69) is 28.3 Å². The van der Waals surface area contributed by atoms with Crippen molar-refractivity contribution >= 4 is 23.4 Å². The van der Waals surface area contributed by atoms with Crippen molar-refractivity contribution in [3.05, 3.63) is 51.3 Å². The first-order valence-corrected chi connectivity index (χ1v) is 10.6. The van der Waals surface area contributed by atoms with Crippen LogP contribution in [0.3, 0.4) is 0 Å². The Morgan fingerprint density at radius 2 is 2.07 bits per heavy atom. The molecule has 4 rings (SSSR count). The number of hydrogen-bond donors (Lipinski definition) is 2. The van der Waals surface area contributed by atoms with Crippen LogP contribution in [0.15, 0.2) is 38.3 Å². The van der Waals surface area contributed by atoms with Crippen LogP contribution in [0.2, 0.25) is 0 Å².